The summed E-state index contributed by atoms with van der Waals surface area (Å²) in [6, 6.07) is 8.19. The molecule has 0 fully saturated rings. The molecule has 0 spiro atoms. The number of para-hydroxylation sites is 1. The summed E-state index contributed by atoms with van der Waals surface area (Å²) in [6.07, 6.45) is 0. The van der Waals surface area contributed by atoms with Crippen molar-refractivity contribution in [2.75, 3.05) is 7.05 Å². The molecular weight excluding hydrogens is 226 g/mol. The van der Waals surface area contributed by atoms with E-state index in [1.165, 1.54) is 4.70 Å². The number of nitrogens with one attached hydrogen (secondary N) is 1. The number of rotatable bonds is 0. The van der Waals surface area contributed by atoms with Gasteiger partial charge in [0.05, 0.1) is 15.2 Å². The van der Waals surface area contributed by atoms with E-state index in [2.05, 4.69) is 28.6 Å². The van der Waals surface area contributed by atoms with Crippen molar-refractivity contribution in [3.05, 3.63) is 29.3 Å². The van der Waals surface area contributed by atoms with Gasteiger partial charge >= 0.3 is 0 Å². The Morgan fingerprint density at radius 3 is 2.60 bits per heavy atom. The lowest BCUT2D eigenvalue weighted by atomic mass is 10.3. The molecule has 15 heavy (non-hydrogen) atoms. The van der Waals surface area contributed by atoms with Gasteiger partial charge in [-0.3, -0.25) is 0 Å². The Bertz CT molecular complexity index is 418. The van der Waals surface area contributed by atoms with Crippen molar-refractivity contribution in [3.63, 3.8) is 0 Å². The van der Waals surface area contributed by atoms with E-state index in [-0.39, 0.29) is 0 Å². The van der Waals surface area contributed by atoms with E-state index in [4.69, 9.17) is 5.73 Å². The van der Waals surface area contributed by atoms with E-state index in [0.717, 1.165) is 10.5 Å². The summed E-state index contributed by atoms with van der Waals surface area (Å²) in [5, 5.41) is 4.02. The van der Waals surface area contributed by atoms with Crippen LogP contribution in [0.5, 0.6) is 0 Å². The number of thiazole rings is 1. The summed E-state index contributed by atoms with van der Waals surface area (Å²) in [4.78, 5) is 4.33. The maximum Gasteiger partial charge on any atom is 0.163 e. The Balaban J connectivity index is 0.000000195. The summed E-state index contributed by atoms with van der Waals surface area (Å²) in [7, 11) is 1.68. The minimum atomic E-state index is 0.338. The highest BCUT2D eigenvalue weighted by Crippen LogP contribution is 2.19. The number of thiocarbonyl (C=S) groups is 1. The third-order valence-electron chi connectivity index (χ3n) is 1.65. The van der Waals surface area contributed by atoms with Crippen LogP contribution in [0.25, 0.3) is 10.2 Å². The lowest BCUT2D eigenvalue weighted by Gasteiger charge is -1.85. The molecule has 0 aliphatic rings. The Labute approximate surface area is 98.3 Å². The van der Waals surface area contributed by atoms with Gasteiger partial charge < -0.3 is 11.1 Å². The highest BCUT2D eigenvalue weighted by atomic mass is 32.1. The van der Waals surface area contributed by atoms with Gasteiger partial charge in [0.2, 0.25) is 0 Å². The number of benzene rings is 1. The first-order valence-electron chi connectivity index (χ1n) is 4.43. The van der Waals surface area contributed by atoms with Gasteiger partial charge in [0.25, 0.3) is 0 Å². The van der Waals surface area contributed by atoms with Crippen LogP contribution in [0.2, 0.25) is 0 Å². The maximum atomic E-state index is 4.91. The fraction of sp³-hybridized carbons (Fsp3) is 0.200. The summed E-state index contributed by atoms with van der Waals surface area (Å²) >= 11 is 6.10. The quantitative estimate of drug-likeness (QED) is 0.691. The fourth-order valence-electron chi connectivity index (χ4n) is 0.987. The molecule has 1 aromatic heterocycles. The zero-order chi connectivity index (χ0) is 11.3. The lowest BCUT2D eigenvalue weighted by molar-refractivity contribution is 1.18. The molecule has 0 unspecified atom stereocenters. The Morgan fingerprint density at radius 2 is 2.07 bits per heavy atom. The minimum Gasteiger partial charge on any atom is -0.376 e. The monoisotopic (exact) mass is 239 g/mol. The second-order valence-corrected chi connectivity index (χ2v) is 4.49. The van der Waals surface area contributed by atoms with Crippen LogP contribution in [0.15, 0.2) is 24.3 Å². The number of aryl methyl sites for hydroxylation is 1. The van der Waals surface area contributed by atoms with Crippen LogP contribution in [0.4, 0.5) is 0 Å². The molecule has 0 bridgehead atoms. The second-order valence-electron chi connectivity index (χ2n) is 2.81. The van der Waals surface area contributed by atoms with E-state index >= 15 is 0 Å². The molecular formula is C10H13N3S2. The number of aromatic nitrogens is 1. The Kier molecular flexibility index (Phi) is 4.45. The summed E-state index contributed by atoms with van der Waals surface area (Å²) < 4.78 is 1.28. The molecule has 1 aromatic carbocycles. The van der Waals surface area contributed by atoms with Crippen LogP contribution < -0.4 is 11.1 Å². The van der Waals surface area contributed by atoms with Crippen molar-refractivity contribution in [1.29, 1.82) is 0 Å². The molecule has 3 N–H and O–H groups in total. The molecule has 80 valence electrons. The van der Waals surface area contributed by atoms with Gasteiger partial charge in [-0.2, -0.15) is 0 Å². The topological polar surface area (TPSA) is 50.9 Å². The summed E-state index contributed by atoms with van der Waals surface area (Å²) in [5.74, 6) is 0. The van der Waals surface area contributed by atoms with Gasteiger partial charge in [0.15, 0.2) is 5.11 Å². The zero-order valence-corrected chi connectivity index (χ0v) is 10.3. The third kappa shape index (κ3) is 3.81. The molecule has 0 amide bonds. The Morgan fingerprint density at radius 1 is 1.47 bits per heavy atom. The van der Waals surface area contributed by atoms with E-state index < -0.39 is 0 Å². The first-order valence-corrected chi connectivity index (χ1v) is 5.65. The molecule has 2 aromatic rings. The van der Waals surface area contributed by atoms with Crippen LogP contribution in [0.3, 0.4) is 0 Å². The van der Waals surface area contributed by atoms with Crippen LogP contribution in [-0.4, -0.2) is 17.1 Å². The van der Waals surface area contributed by atoms with Crippen LogP contribution in [0.1, 0.15) is 5.01 Å². The van der Waals surface area contributed by atoms with Gasteiger partial charge in [0.1, 0.15) is 0 Å². The van der Waals surface area contributed by atoms with Crippen molar-refractivity contribution >= 4 is 38.9 Å². The van der Waals surface area contributed by atoms with E-state index in [9.17, 15) is 0 Å². The highest BCUT2D eigenvalue weighted by Gasteiger charge is 1.95. The predicted molar refractivity (Wildman–Crippen MR) is 70.2 cm³/mol. The van der Waals surface area contributed by atoms with E-state index in [0.29, 0.717) is 5.11 Å². The predicted octanol–water partition coefficient (Wildman–Crippen LogP) is 2.05. The molecule has 0 radical (unpaired) electrons. The standard InChI is InChI=1S/C8H7NS.C2H6N2S/c1-6-9-7-4-2-3-5-8(7)10-6;1-4-2(3)5/h2-5H,1H3;1H3,(H3,3,4,5). The van der Waals surface area contributed by atoms with E-state index in [1.807, 2.05) is 25.1 Å². The van der Waals surface area contributed by atoms with Crippen molar-refractivity contribution in [1.82, 2.24) is 10.3 Å². The van der Waals surface area contributed by atoms with Gasteiger partial charge in [0, 0.05) is 7.05 Å². The van der Waals surface area contributed by atoms with E-state index in [1.54, 1.807) is 18.4 Å². The summed E-state index contributed by atoms with van der Waals surface area (Å²) in [6.45, 7) is 2.03. The van der Waals surface area contributed by atoms with Crippen molar-refractivity contribution in [3.8, 4) is 0 Å². The molecule has 0 atom stereocenters. The average molecular weight is 239 g/mol. The summed E-state index contributed by atoms with van der Waals surface area (Å²) in [5.41, 5.74) is 6.03. The van der Waals surface area contributed by atoms with Crippen molar-refractivity contribution in [2.24, 2.45) is 5.73 Å². The SMILES string of the molecule is CNC(N)=S.Cc1nc2ccccc2s1. The molecule has 0 saturated carbocycles. The molecule has 0 saturated heterocycles. The number of nitrogens with two attached hydrogens (primary N) is 1. The van der Waals surface area contributed by atoms with Crippen LogP contribution in [-0.2, 0) is 0 Å². The van der Waals surface area contributed by atoms with Gasteiger partial charge in [-0.25, -0.2) is 4.98 Å². The normalized spacial score (nSPS) is 9.20. The fourth-order valence-corrected chi connectivity index (χ4v) is 1.81. The highest BCUT2D eigenvalue weighted by molar-refractivity contribution is 7.80. The number of hydrogen-bond donors (Lipinski definition) is 2. The first-order chi connectivity index (χ1) is 7.13. The van der Waals surface area contributed by atoms with Gasteiger partial charge in [-0.15, -0.1) is 11.3 Å². The third-order valence-corrected chi connectivity index (χ3v) is 2.80. The smallest absolute Gasteiger partial charge is 0.163 e. The Hall–Kier alpha value is -1.20. The van der Waals surface area contributed by atoms with Crippen LogP contribution in [0, 0.1) is 6.92 Å². The number of nitrogens with zero attached hydrogens (tertiary/aromatic N) is 1. The van der Waals surface area contributed by atoms with Crippen LogP contribution >= 0.6 is 23.6 Å². The minimum absolute atomic E-state index is 0.338. The largest absolute Gasteiger partial charge is 0.376 e. The number of fused-ring (bicyclic) bond motifs is 1. The lowest BCUT2D eigenvalue weighted by Crippen LogP contribution is -2.24. The maximum absolute atomic E-state index is 4.91. The molecule has 1 heterocycles. The van der Waals surface area contributed by atoms with Crippen molar-refractivity contribution in [2.45, 2.75) is 6.92 Å². The van der Waals surface area contributed by atoms with Gasteiger partial charge in [-0.05, 0) is 31.3 Å². The molecule has 2 rings (SSSR count). The van der Waals surface area contributed by atoms with Crippen molar-refractivity contribution < 1.29 is 0 Å². The average Bonchev–Trinajstić information content (AvgIpc) is 2.58. The molecule has 5 heteroatoms. The molecule has 3 nitrogen and oxygen atoms in total. The zero-order valence-electron chi connectivity index (χ0n) is 8.65. The van der Waals surface area contributed by atoms with Gasteiger partial charge in [-0.1, -0.05) is 12.1 Å². The molecule has 0 aliphatic carbocycles. The number of hydrogen-bond acceptors (Lipinski definition) is 3. The second kappa shape index (κ2) is 5.63. The first kappa shape index (κ1) is 11.9. The molecule has 0 aliphatic heterocycles.